The molecule has 0 aromatic carbocycles. The van der Waals surface area contributed by atoms with Gasteiger partial charge in [-0.2, -0.15) is 4.98 Å². The van der Waals surface area contributed by atoms with E-state index in [1.165, 1.54) is 0 Å². The highest BCUT2D eigenvalue weighted by atomic mass is 16.5. The van der Waals surface area contributed by atoms with Crippen LogP contribution < -0.4 is 0 Å². The van der Waals surface area contributed by atoms with E-state index in [0.717, 1.165) is 30.8 Å². The highest BCUT2D eigenvalue weighted by Gasteiger charge is 2.30. The predicted octanol–water partition coefficient (Wildman–Crippen LogP) is 2.96. The van der Waals surface area contributed by atoms with Gasteiger partial charge in [-0.15, -0.1) is 0 Å². The highest BCUT2D eigenvalue weighted by Crippen LogP contribution is 2.33. The summed E-state index contributed by atoms with van der Waals surface area (Å²) in [4.78, 5) is 6.68. The number of rotatable bonds is 4. The van der Waals surface area contributed by atoms with E-state index in [1.807, 2.05) is 13.0 Å². The largest absolute Gasteiger partial charge is 0.459 e. The molecule has 0 unspecified atom stereocenters. The second-order valence-electron chi connectivity index (χ2n) is 5.49. The van der Waals surface area contributed by atoms with Gasteiger partial charge in [-0.25, -0.2) is 0 Å². The van der Waals surface area contributed by atoms with Gasteiger partial charge in [0.2, 0.25) is 0 Å². The second kappa shape index (κ2) is 5.42. The Labute approximate surface area is 126 Å². The Morgan fingerprint density at radius 1 is 1.32 bits per heavy atom. The van der Waals surface area contributed by atoms with Crippen LogP contribution in [0.4, 0.5) is 0 Å². The Morgan fingerprint density at radius 2 is 2.27 bits per heavy atom. The molecule has 1 saturated heterocycles. The molecule has 3 aromatic rings. The number of hydrogen-bond acceptors (Lipinski definition) is 7. The van der Waals surface area contributed by atoms with Crippen molar-refractivity contribution in [2.75, 3.05) is 6.54 Å². The van der Waals surface area contributed by atoms with Gasteiger partial charge in [-0.1, -0.05) is 10.3 Å². The topological polar surface area (TPSA) is 81.3 Å². The maximum Gasteiger partial charge on any atom is 0.293 e. The Hall–Kier alpha value is -2.41. The molecule has 0 amide bonds. The molecule has 0 aliphatic carbocycles. The molecular weight excluding hydrogens is 284 g/mol. The lowest BCUT2D eigenvalue weighted by molar-refractivity contribution is 0.200. The SMILES string of the molecule is Cc1cc([C@@H]2CCCN2Cc2noc(-c3ccco3)n2)on1. The summed E-state index contributed by atoms with van der Waals surface area (Å²) < 4.78 is 15.9. The lowest BCUT2D eigenvalue weighted by Gasteiger charge is -2.20. The first kappa shape index (κ1) is 13.3. The minimum absolute atomic E-state index is 0.228. The smallest absolute Gasteiger partial charge is 0.293 e. The summed E-state index contributed by atoms with van der Waals surface area (Å²) in [6.45, 7) is 3.53. The lowest BCUT2D eigenvalue weighted by Crippen LogP contribution is -2.23. The van der Waals surface area contributed by atoms with Crippen molar-refractivity contribution in [3.63, 3.8) is 0 Å². The fourth-order valence-corrected chi connectivity index (χ4v) is 2.88. The lowest BCUT2D eigenvalue weighted by atomic mass is 10.1. The molecule has 1 aliphatic rings. The quantitative estimate of drug-likeness (QED) is 0.732. The molecule has 22 heavy (non-hydrogen) atoms. The summed E-state index contributed by atoms with van der Waals surface area (Å²) in [6.07, 6.45) is 3.76. The van der Waals surface area contributed by atoms with E-state index in [0.29, 0.717) is 24.0 Å². The number of hydrogen-bond donors (Lipinski definition) is 0. The van der Waals surface area contributed by atoms with Crippen LogP contribution in [0, 0.1) is 6.92 Å². The summed E-state index contributed by atoms with van der Waals surface area (Å²) in [6, 6.07) is 5.81. The molecule has 114 valence electrons. The van der Waals surface area contributed by atoms with E-state index in [-0.39, 0.29) is 6.04 Å². The van der Waals surface area contributed by atoms with Crippen molar-refractivity contribution in [1.82, 2.24) is 20.2 Å². The van der Waals surface area contributed by atoms with Crippen LogP contribution in [-0.2, 0) is 6.54 Å². The van der Waals surface area contributed by atoms with Gasteiger partial charge in [-0.3, -0.25) is 4.90 Å². The van der Waals surface area contributed by atoms with Crippen molar-refractivity contribution >= 4 is 0 Å². The summed E-state index contributed by atoms with van der Waals surface area (Å²) in [5.74, 6) is 2.55. The third-order valence-electron chi connectivity index (χ3n) is 3.88. The maximum atomic E-state index is 5.41. The molecule has 0 radical (unpaired) electrons. The number of likely N-dealkylation sites (tertiary alicyclic amines) is 1. The first-order valence-electron chi connectivity index (χ1n) is 7.33. The summed E-state index contributed by atoms with van der Waals surface area (Å²) in [5.41, 5.74) is 0.904. The zero-order valence-electron chi connectivity index (χ0n) is 12.2. The molecule has 0 N–H and O–H groups in total. The van der Waals surface area contributed by atoms with Crippen LogP contribution >= 0.6 is 0 Å². The van der Waals surface area contributed by atoms with Crippen molar-refractivity contribution in [3.05, 3.63) is 41.7 Å². The van der Waals surface area contributed by atoms with E-state index in [2.05, 4.69) is 20.2 Å². The number of aryl methyl sites for hydroxylation is 1. The molecule has 1 fully saturated rings. The Kier molecular flexibility index (Phi) is 3.27. The standard InChI is InChI=1S/C15H16N4O3/c1-10-8-13(21-17-10)11-4-2-6-19(11)9-14-16-15(22-18-14)12-5-3-7-20-12/h3,5,7-8,11H,2,4,6,9H2,1H3/t11-/m0/s1. The molecule has 7 nitrogen and oxygen atoms in total. The summed E-state index contributed by atoms with van der Waals surface area (Å²) in [7, 11) is 0. The van der Waals surface area contributed by atoms with Crippen molar-refractivity contribution in [2.24, 2.45) is 0 Å². The zero-order chi connectivity index (χ0) is 14.9. The average Bonchev–Trinajstić information content (AvgIpc) is 3.26. The number of aromatic nitrogens is 3. The van der Waals surface area contributed by atoms with Crippen LogP contribution in [0.15, 0.2) is 37.9 Å². The molecule has 7 heteroatoms. The van der Waals surface area contributed by atoms with Gasteiger partial charge >= 0.3 is 0 Å². The minimum Gasteiger partial charge on any atom is -0.459 e. The van der Waals surface area contributed by atoms with Crippen LogP contribution in [-0.4, -0.2) is 26.7 Å². The Bertz CT molecular complexity index is 747. The van der Waals surface area contributed by atoms with Gasteiger partial charge in [0.05, 0.1) is 24.5 Å². The van der Waals surface area contributed by atoms with Gasteiger partial charge in [0.1, 0.15) is 0 Å². The van der Waals surface area contributed by atoms with Crippen molar-refractivity contribution in [3.8, 4) is 11.7 Å². The first-order valence-corrected chi connectivity index (χ1v) is 7.33. The minimum atomic E-state index is 0.228. The van der Waals surface area contributed by atoms with Crippen LogP contribution in [0.25, 0.3) is 11.7 Å². The molecule has 0 saturated carbocycles. The second-order valence-corrected chi connectivity index (χ2v) is 5.49. The van der Waals surface area contributed by atoms with Gasteiger partial charge in [0.25, 0.3) is 5.89 Å². The molecule has 0 spiro atoms. The Morgan fingerprint density at radius 3 is 3.05 bits per heavy atom. The van der Waals surface area contributed by atoms with E-state index < -0.39 is 0 Å². The van der Waals surface area contributed by atoms with Crippen LogP contribution in [0.3, 0.4) is 0 Å². The van der Waals surface area contributed by atoms with Crippen LogP contribution in [0.2, 0.25) is 0 Å². The normalized spacial score (nSPS) is 19.0. The summed E-state index contributed by atoms with van der Waals surface area (Å²) in [5, 5.41) is 8.01. The van der Waals surface area contributed by atoms with Crippen LogP contribution in [0.1, 0.15) is 36.2 Å². The van der Waals surface area contributed by atoms with Gasteiger partial charge in [0, 0.05) is 6.07 Å². The van der Waals surface area contributed by atoms with E-state index >= 15 is 0 Å². The maximum absolute atomic E-state index is 5.41. The number of nitrogens with zero attached hydrogens (tertiary/aromatic N) is 4. The fourth-order valence-electron chi connectivity index (χ4n) is 2.88. The Balaban J connectivity index is 1.50. The van der Waals surface area contributed by atoms with Crippen molar-refractivity contribution in [2.45, 2.75) is 32.4 Å². The molecule has 4 heterocycles. The zero-order valence-corrected chi connectivity index (χ0v) is 12.2. The third kappa shape index (κ3) is 2.43. The van der Waals surface area contributed by atoms with Crippen LogP contribution in [0.5, 0.6) is 0 Å². The highest BCUT2D eigenvalue weighted by molar-refractivity contribution is 5.42. The summed E-state index contributed by atoms with van der Waals surface area (Å²) >= 11 is 0. The molecule has 4 rings (SSSR count). The first-order chi connectivity index (χ1) is 10.8. The van der Waals surface area contributed by atoms with Gasteiger partial charge in [-0.05, 0) is 38.4 Å². The third-order valence-corrected chi connectivity index (χ3v) is 3.88. The number of furan rings is 1. The van der Waals surface area contributed by atoms with Gasteiger partial charge in [0.15, 0.2) is 17.3 Å². The van der Waals surface area contributed by atoms with E-state index in [1.54, 1.807) is 18.4 Å². The van der Waals surface area contributed by atoms with Crippen molar-refractivity contribution in [1.29, 1.82) is 0 Å². The van der Waals surface area contributed by atoms with Gasteiger partial charge < -0.3 is 13.5 Å². The van der Waals surface area contributed by atoms with Crippen molar-refractivity contribution < 1.29 is 13.5 Å². The van der Waals surface area contributed by atoms with E-state index in [9.17, 15) is 0 Å². The predicted molar refractivity (Wildman–Crippen MR) is 75.6 cm³/mol. The molecule has 0 bridgehead atoms. The molecular formula is C15H16N4O3. The average molecular weight is 300 g/mol. The fraction of sp³-hybridized carbons (Fsp3) is 0.400. The molecule has 3 aromatic heterocycles. The monoisotopic (exact) mass is 300 g/mol. The molecule has 1 aliphatic heterocycles. The molecule has 1 atom stereocenters. The van der Waals surface area contributed by atoms with E-state index in [4.69, 9.17) is 13.5 Å².